The Morgan fingerprint density at radius 3 is 1.31 bits per heavy atom. The van der Waals surface area contributed by atoms with Crippen LogP contribution in [0.1, 0.15) is 24.5 Å². The molecule has 2 N–H and O–H groups in total. The maximum Gasteiger partial charge on any atom is 0.327 e. The van der Waals surface area contributed by atoms with Crippen molar-refractivity contribution in [3.05, 3.63) is 144 Å². The van der Waals surface area contributed by atoms with Gasteiger partial charge in [0, 0.05) is 42.9 Å². The fourth-order valence-corrected chi connectivity index (χ4v) is 9.20. The average Bonchev–Trinajstić information content (AvgIpc) is 3.49. The quantitative estimate of drug-likeness (QED) is 0.0896. The van der Waals surface area contributed by atoms with Gasteiger partial charge < -0.3 is 29.9 Å². The van der Waals surface area contributed by atoms with Crippen molar-refractivity contribution in [3.8, 4) is 11.5 Å². The minimum absolute atomic E-state index is 0.0230. The number of alkyl halides is 1. The standard InChI is InChI=1S/C47H47F5N6O8S/c1-4-18-55(36-9-13-38(65-2)14-10-36)46(61)40(24-30-20-32(49)26-33(50)21-30)53-44(59)28-57-42-7-5-6-8-43(42)58(67(57,63)64)29-45(60)54-41(25-31-22-34(51)27-35(52)23-31)47(62)56(19-17-48)37-11-15-39(66-3)16-12-37/h5-16,20-23,26-27,40-41H,4,17-19,24-25,28-29H2,1-3H3,(H,53,59)(H,54,60)/t40-,41-/m0/s1. The Balaban J connectivity index is 1.26. The molecule has 0 saturated carbocycles. The van der Waals surface area contributed by atoms with Crippen LogP contribution in [-0.2, 0) is 42.2 Å². The van der Waals surface area contributed by atoms with E-state index in [-0.39, 0.29) is 34.7 Å². The van der Waals surface area contributed by atoms with Gasteiger partial charge in [-0.1, -0.05) is 19.1 Å². The second kappa shape index (κ2) is 21.8. The minimum Gasteiger partial charge on any atom is -0.497 e. The van der Waals surface area contributed by atoms with E-state index in [2.05, 4.69) is 10.6 Å². The third kappa shape index (κ3) is 12.0. The second-order valence-corrected chi connectivity index (χ2v) is 17.1. The first-order valence-corrected chi connectivity index (χ1v) is 22.3. The third-order valence-electron chi connectivity index (χ3n) is 10.6. The van der Waals surface area contributed by atoms with E-state index in [4.69, 9.17) is 9.47 Å². The lowest BCUT2D eigenvalue weighted by atomic mass is 10.0. The van der Waals surface area contributed by atoms with Gasteiger partial charge in [-0.15, -0.1) is 0 Å². The Morgan fingerprint density at radius 1 is 0.597 bits per heavy atom. The van der Waals surface area contributed by atoms with Crippen molar-refractivity contribution in [2.45, 2.75) is 38.3 Å². The molecule has 0 aromatic heterocycles. The highest BCUT2D eigenvalue weighted by atomic mass is 32.2. The van der Waals surface area contributed by atoms with Gasteiger partial charge in [0.05, 0.1) is 32.1 Å². The molecule has 1 aliphatic rings. The molecule has 67 heavy (non-hydrogen) atoms. The summed E-state index contributed by atoms with van der Waals surface area (Å²) in [4.78, 5) is 58.8. The van der Waals surface area contributed by atoms with E-state index in [1.165, 1.54) is 67.7 Å². The Morgan fingerprint density at radius 2 is 0.970 bits per heavy atom. The molecule has 5 aromatic rings. The Labute approximate surface area is 384 Å². The zero-order valence-corrected chi connectivity index (χ0v) is 37.4. The molecule has 5 aromatic carbocycles. The smallest absolute Gasteiger partial charge is 0.327 e. The summed E-state index contributed by atoms with van der Waals surface area (Å²) in [5.41, 5.74) is 0.504. The molecule has 1 aliphatic heterocycles. The van der Waals surface area contributed by atoms with Crippen molar-refractivity contribution >= 4 is 56.6 Å². The highest BCUT2D eigenvalue weighted by molar-refractivity contribution is 7.94. The van der Waals surface area contributed by atoms with Gasteiger partial charge >= 0.3 is 10.2 Å². The molecule has 0 aliphatic carbocycles. The molecular weight excluding hydrogens is 904 g/mol. The van der Waals surface area contributed by atoms with Crippen molar-refractivity contribution in [2.75, 3.05) is 65.5 Å². The van der Waals surface area contributed by atoms with Crippen molar-refractivity contribution in [2.24, 2.45) is 0 Å². The number of carbonyl (C=O) groups excluding carboxylic acids is 4. The van der Waals surface area contributed by atoms with Crippen molar-refractivity contribution in [1.29, 1.82) is 0 Å². The highest BCUT2D eigenvalue weighted by Gasteiger charge is 2.43. The van der Waals surface area contributed by atoms with Crippen LogP contribution in [-0.4, -0.2) is 91.2 Å². The molecular formula is C47H47F5N6O8S. The summed E-state index contributed by atoms with van der Waals surface area (Å²) in [5, 5.41) is 5.03. The third-order valence-corrected chi connectivity index (χ3v) is 12.4. The maximum absolute atomic E-state index is 14.4. The molecule has 1 heterocycles. The average molecular weight is 951 g/mol. The SMILES string of the molecule is CCCN(C(=O)[C@H](Cc1cc(F)cc(F)c1)NC(=O)CN1c2ccccc2N(CC(=O)N[C@@H](Cc2cc(F)cc(F)c2)C(=O)N(CCF)c2ccc(OC)cc2)S1(=O)=O)c1ccc(OC)cc1. The summed E-state index contributed by atoms with van der Waals surface area (Å²) in [6.07, 6.45) is -0.422. The number of anilines is 4. The molecule has 6 rings (SSSR count). The number of hydrogen-bond acceptors (Lipinski definition) is 8. The van der Waals surface area contributed by atoms with E-state index in [0.717, 1.165) is 29.2 Å². The van der Waals surface area contributed by atoms with E-state index in [1.54, 1.807) is 24.3 Å². The number of fused-ring (bicyclic) bond motifs is 1. The van der Waals surface area contributed by atoms with Gasteiger partial charge in [-0.2, -0.15) is 8.42 Å². The fourth-order valence-electron chi connectivity index (χ4n) is 7.60. The molecule has 14 nitrogen and oxygen atoms in total. The second-order valence-electron chi connectivity index (χ2n) is 15.3. The van der Waals surface area contributed by atoms with Crippen LogP contribution < -0.4 is 38.5 Å². The molecule has 0 fully saturated rings. The molecule has 20 heteroatoms. The van der Waals surface area contributed by atoms with Crippen molar-refractivity contribution in [3.63, 3.8) is 0 Å². The molecule has 0 saturated heterocycles. The highest BCUT2D eigenvalue weighted by Crippen LogP contribution is 2.40. The number of amides is 4. The van der Waals surface area contributed by atoms with Crippen LogP contribution in [0, 0.1) is 23.3 Å². The first-order valence-electron chi connectivity index (χ1n) is 20.9. The summed E-state index contributed by atoms with van der Waals surface area (Å²) >= 11 is 0. The number of ether oxygens (including phenoxy) is 2. The van der Waals surface area contributed by atoms with E-state index in [0.29, 0.717) is 44.4 Å². The van der Waals surface area contributed by atoms with Crippen LogP contribution in [0.4, 0.5) is 44.7 Å². The van der Waals surface area contributed by atoms with Crippen LogP contribution in [0.3, 0.4) is 0 Å². The Bertz CT molecular complexity index is 2480. The molecule has 2 atom stereocenters. The molecule has 4 amide bonds. The number of carbonyl (C=O) groups is 4. The number of para-hydroxylation sites is 2. The van der Waals surface area contributed by atoms with E-state index < -0.39 is 108 Å². The first kappa shape index (κ1) is 49.2. The van der Waals surface area contributed by atoms with Gasteiger partial charge in [-0.3, -0.25) is 19.2 Å². The fraction of sp³-hybridized carbons (Fsp3) is 0.277. The lowest BCUT2D eigenvalue weighted by Gasteiger charge is -2.29. The van der Waals surface area contributed by atoms with Crippen molar-refractivity contribution in [1.82, 2.24) is 10.6 Å². The predicted octanol–water partition coefficient (Wildman–Crippen LogP) is 6.03. The molecule has 0 bridgehead atoms. The van der Waals surface area contributed by atoms with Crippen LogP contribution in [0.25, 0.3) is 0 Å². The number of benzene rings is 5. The normalized spacial score (nSPS) is 13.6. The van der Waals surface area contributed by atoms with Crippen LogP contribution in [0.5, 0.6) is 11.5 Å². The monoisotopic (exact) mass is 950 g/mol. The number of halogens is 5. The van der Waals surface area contributed by atoms with Gasteiger partial charge in [0.1, 0.15) is 66.6 Å². The van der Waals surface area contributed by atoms with Gasteiger partial charge in [0.2, 0.25) is 23.6 Å². The van der Waals surface area contributed by atoms with Gasteiger partial charge in [-0.05, 0) is 102 Å². The number of methoxy groups -OCH3 is 2. The topological polar surface area (TPSA) is 158 Å². The van der Waals surface area contributed by atoms with Crippen LogP contribution >= 0.6 is 0 Å². The predicted molar refractivity (Wildman–Crippen MR) is 241 cm³/mol. The number of nitrogens with zero attached hydrogens (tertiary/aromatic N) is 4. The zero-order chi connectivity index (χ0) is 48.4. The number of rotatable bonds is 20. The van der Waals surface area contributed by atoms with E-state index in [1.807, 2.05) is 6.92 Å². The lowest BCUT2D eigenvalue weighted by Crippen LogP contribution is -2.54. The number of hydrogen-bond donors (Lipinski definition) is 2. The first-order chi connectivity index (χ1) is 32.0. The van der Waals surface area contributed by atoms with Gasteiger partial charge in [-0.25, -0.2) is 30.6 Å². The van der Waals surface area contributed by atoms with Crippen molar-refractivity contribution < 1.29 is 59.0 Å². The van der Waals surface area contributed by atoms with E-state index in [9.17, 15) is 49.5 Å². The molecule has 0 unspecified atom stereocenters. The minimum atomic E-state index is -4.80. The summed E-state index contributed by atoms with van der Waals surface area (Å²) in [6, 6.07) is 20.2. The summed E-state index contributed by atoms with van der Waals surface area (Å²) in [6.45, 7) is -1.41. The van der Waals surface area contributed by atoms with Gasteiger partial charge in [0.25, 0.3) is 0 Å². The Hall–Kier alpha value is -7.22. The molecule has 0 radical (unpaired) electrons. The number of nitrogens with one attached hydrogen (secondary N) is 2. The molecule has 354 valence electrons. The lowest BCUT2D eigenvalue weighted by molar-refractivity contribution is -0.126. The maximum atomic E-state index is 14.4. The zero-order valence-electron chi connectivity index (χ0n) is 36.6. The molecule has 0 spiro atoms. The summed E-state index contributed by atoms with van der Waals surface area (Å²) in [5.74, 6) is -6.48. The van der Waals surface area contributed by atoms with Crippen LogP contribution in [0.15, 0.2) is 109 Å². The van der Waals surface area contributed by atoms with Gasteiger partial charge in [0.15, 0.2) is 0 Å². The van der Waals surface area contributed by atoms with Crippen LogP contribution in [0.2, 0.25) is 0 Å². The summed E-state index contributed by atoms with van der Waals surface area (Å²) in [7, 11) is -1.91. The largest absolute Gasteiger partial charge is 0.497 e. The Kier molecular flexibility index (Phi) is 16.0. The summed E-state index contributed by atoms with van der Waals surface area (Å²) < 4.78 is 112. The van der Waals surface area contributed by atoms with E-state index >= 15 is 0 Å².